The number of carbonyl (C=O) groups is 3. The third-order valence-electron chi connectivity index (χ3n) is 6.31. The zero-order valence-corrected chi connectivity index (χ0v) is 20.8. The van der Waals surface area contributed by atoms with Crippen LogP contribution in [-0.4, -0.2) is 91.0 Å². The molecule has 1 fully saturated rings. The van der Waals surface area contributed by atoms with Gasteiger partial charge in [-0.3, -0.25) is 14.3 Å². The number of aryl methyl sites for hydroxylation is 2. The number of nitrogens with one attached hydrogen (secondary N) is 1. The van der Waals surface area contributed by atoms with Crippen molar-refractivity contribution in [2.75, 3.05) is 53.6 Å². The fourth-order valence-electron chi connectivity index (χ4n) is 4.54. The largest absolute Gasteiger partial charge is 0.465 e. The fourth-order valence-corrected chi connectivity index (χ4v) is 4.54. The lowest BCUT2D eigenvalue weighted by atomic mass is 9.98. The highest BCUT2D eigenvalue weighted by Gasteiger charge is 2.30. The standard InChI is InChI=1S/C24H39N5O5/c1-4-19-21-20(10-6-14-33-15-7-11-25-22(21)30)29(26-19)13-8-16-34-23(31)18-9-5-12-28(17-18)24(32)27(2)3/h18H,4-17H2,1-3H3,(H,25,30). The molecule has 2 aliphatic heterocycles. The maximum atomic E-state index is 12.8. The number of piperidine rings is 1. The van der Waals surface area contributed by atoms with Crippen molar-refractivity contribution in [1.29, 1.82) is 0 Å². The summed E-state index contributed by atoms with van der Waals surface area (Å²) in [6, 6.07) is -0.0731. The molecule has 1 saturated heterocycles. The number of amides is 3. The molecule has 10 heteroatoms. The molecule has 1 aromatic rings. The molecule has 0 aliphatic carbocycles. The van der Waals surface area contributed by atoms with E-state index in [4.69, 9.17) is 14.6 Å². The first-order valence-electron chi connectivity index (χ1n) is 12.5. The van der Waals surface area contributed by atoms with Crippen LogP contribution in [0.3, 0.4) is 0 Å². The van der Waals surface area contributed by atoms with Gasteiger partial charge in [-0.1, -0.05) is 6.92 Å². The molecule has 3 rings (SSSR count). The molecule has 1 unspecified atom stereocenters. The van der Waals surface area contributed by atoms with E-state index in [1.165, 1.54) is 4.90 Å². The van der Waals surface area contributed by atoms with Gasteiger partial charge in [0.25, 0.3) is 5.91 Å². The van der Waals surface area contributed by atoms with Crippen LogP contribution in [0.25, 0.3) is 0 Å². The molecule has 34 heavy (non-hydrogen) atoms. The van der Waals surface area contributed by atoms with Gasteiger partial charge in [-0.05, 0) is 38.5 Å². The topological polar surface area (TPSA) is 106 Å². The van der Waals surface area contributed by atoms with Gasteiger partial charge in [-0.2, -0.15) is 5.10 Å². The van der Waals surface area contributed by atoms with Crippen LogP contribution in [0.5, 0.6) is 0 Å². The molecule has 10 nitrogen and oxygen atoms in total. The fraction of sp³-hybridized carbons (Fsp3) is 0.750. The van der Waals surface area contributed by atoms with E-state index in [0.29, 0.717) is 64.2 Å². The number of ether oxygens (including phenoxy) is 2. The van der Waals surface area contributed by atoms with E-state index in [-0.39, 0.29) is 30.4 Å². The Labute approximate surface area is 201 Å². The Balaban J connectivity index is 1.56. The Kier molecular flexibility index (Phi) is 9.74. The highest BCUT2D eigenvalue weighted by Crippen LogP contribution is 2.20. The molecule has 0 radical (unpaired) electrons. The quantitative estimate of drug-likeness (QED) is 0.495. The first-order chi connectivity index (χ1) is 16.4. The summed E-state index contributed by atoms with van der Waals surface area (Å²) in [4.78, 5) is 40.9. The van der Waals surface area contributed by atoms with Crippen molar-refractivity contribution in [1.82, 2.24) is 24.9 Å². The molecule has 0 spiro atoms. The summed E-state index contributed by atoms with van der Waals surface area (Å²) in [7, 11) is 3.43. The number of fused-ring (bicyclic) bond motifs is 1. The van der Waals surface area contributed by atoms with Gasteiger partial charge in [0.1, 0.15) is 0 Å². The van der Waals surface area contributed by atoms with Gasteiger partial charge < -0.3 is 24.6 Å². The maximum Gasteiger partial charge on any atom is 0.319 e. The summed E-state index contributed by atoms with van der Waals surface area (Å²) in [5.74, 6) is -0.600. The number of aromatic nitrogens is 2. The number of rotatable bonds is 6. The maximum absolute atomic E-state index is 12.8. The number of esters is 1. The number of hydrogen-bond acceptors (Lipinski definition) is 6. The van der Waals surface area contributed by atoms with E-state index < -0.39 is 0 Å². The van der Waals surface area contributed by atoms with E-state index in [1.54, 1.807) is 19.0 Å². The highest BCUT2D eigenvalue weighted by molar-refractivity contribution is 5.96. The summed E-state index contributed by atoms with van der Waals surface area (Å²) >= 11 is 0. The molecule has 2 aliphatic rings. The lowest BCUT2D eigenvalue weighted by molar-refractivity contribution is -0.150. The smallest absolute Gasteiger partial charge is 0.319 e. The van der Waals surface area contributed by atoms with Gasteiger partial charge in [0.15, 0.2) is 0 Å². The van der Waals surface area contributed by atoms with Crippen LogP contribution >= 0.6 is 0 Å². The van der Waals surface area contributed by atoms with Gasteiger partial charge in [0.05, 0.1) is 29.5 Å². The molecule has 1 atom stereocenters. The number of carbonyl (C=O) groups excluding carboxylic acids is 3. The van der Waals surface area contributed by atoms with Gasteiger partial charge in [-0.15, -0.1) is 0 Å². The van der Waals surface area contributed by atoms with E-state index in [2.05, 4.69) is 5.32 Å². The highest BCUT2D eigenvalue weighted by atomic mass is 16.5. The van der Waals surface area contributed by atoms with Crippen LogP contribution in [-0.2, 0) is 33.7 Å². The number of nitrogens with zero attached hydrogens (tertiary/aromatic N) is 4. The minimum Gasteiger partial charge on any atom is -0.465 e. The van der Waals surface area contributed by atoms with Gasteiger partial charge in [0, 0.05) is 59.9 Å². The molecule has 0 bridgehead atoms. The molecule has 190 valence electrons. The monoisotopic (exact) mass is 477 g/mol. The number of hydrogen-bond donors (Lipinski definition) is 1. The van der Waals surface area contributed by atoms with Crippen molar-refractivity contribution >= 4 is 17.9 Å². The average Bonchev–Trinajstić information content (AvgIpc) is 3.18. The second kappa shape index (κ2) is 12.7. The van der Waals surface area contributed by atoms with E-state index in [9.17, 15) is 14.4 Å². The molecule has 0 saturated carbocycles. The first-order valence-corrected chi connectivity index (χ1v) is 12.5. The molecule has 3 heterocycles. The van der Waals surface area contributed by atoms with Crippen molar-refractivity contribution in [3.63, 3.8) is 0 Å². The lowest BCUT2D eigenvalue weighted by Crippen LogP contribution is -2.46. The lowest BCUT2D eigenvalue weighted by Gasteiger charge is -2.33. The molecule has 0 aromatic carbocycles. The Morgan fingerprint density at radius 2 is 2.03 bits per heavy atom. The molecular weight excluding hydrogens is 438 g/mol. The van der Waals surface area contributed by atoms with Crippen molar-refractivity contribution in [3.05, 3.63) is 17.0 Å². The zero-order chi connectivity index (χ0) is 24.5. The molecule has 1 N–H and O–H groups in total. The second-order valence-electron chi connectivity index (χ2n) is 9.15. The summed E-state index contributed by atoms with van der Waals surface area (Å²) in [5, 5.41) is 7.70. The summed E-state index contributed by atoms with van der Waals surface area (Å²) < 4.78 is 13.1. The third-order valence-corrected chi connectivity index (χ3v) is 6.31. The molecule has 3 amide bonds. The van der Waals surface area contributed by atoms with Gasteiger partial charge in [-0.25, -0.2) is 4.79 Å². The van der Waals surface area contributed by atoms with Crippen LogP contribution in [0, 0.1) is 5.92 Å². The van der Waals surface area contributed by atoms with Crippen LogP contribution in [0.1, 0.15) is 60.8 Å². The van der Waals surface area contributed by atoms with Crippen molar-refractivity contribution in [3.8, 4) is 0 Å². The summed E-state index contributed by atoms with van der Waals surface area (Å²) in [6.07, 6.45) is 5.15. The summed E-state index contributed by atoms with van der Waals surface area (Å²) in [5.41, 5.74) is 2.42. The predicted molar refractivity (Wildman–Crippen MR) is 127 cm³/mol. The van der Waals surface area contributed by atoms with Gasteiger partial charge >= 0.3 is 12.0 Å². The average molecular weight is 478 g/mol. The van der Waals surface area contributed by atoms with E-state index >= 15 is 0 Å². The Hall–Kier alpha value is -2.62. The van der Waals surface area contributed by atoms with Crippen molar-refractivity contribution in [2.45, 2.75) is 58.4 Å². The molecular formula is C24H39N5O5. The Morgan fingerprint density at radius 1 is 1.24 bits per heavy atom. The van der Waals surface area contributed by atoms with Crippen LogP contribution in [0.2, 0.25) is 0 Å². The van der Waals surface area contributed by atoms with Crippen LogP contribution in [0.15, 0.2) is 0 Å². The summed E-state index contributed by atoms with van der Waals surface area (Å²) in [6.45, 7) is 5.82. The third kappa shape index (κ3) is 6.71. The normalized spacial score (nSPS) is 19.6. The number of likely N-dealkylation sites (tertiary alicyclic amines) is 1. The van der Waals surface area contributed by atoms with Crippen molar-refractivity contribution in [2.24, 2.45) is 5.92 Å². The minimum atomic E-state index is -0.283. The predicted octanol–water partition coefficient (Wildman–Crippen LogP) is 1.86. The zero-order valence-electron chi connectivity index (χ0n) is 20.8. The minimum absolute atomic E-state index is 0.0689. The van der Waals surface area contributed by atoms with Crippen LogP contribution in [0.4, 0.5) is 4.79 Å². The van der Waals surface area contributed by atoms with E-state index in [1.807, 2.05) is 11.6 Å². The first kappa shape index (κ1) is 26.0. The number of urea groups is 1. The SMILES string of the molecule is CCc1nn(CCCOC(=O)C2CCCN(C(=O)N(C)C)C2)c2c1C(=O)NCCCOCCC2. The Morgan fingerprint density at radius 3 is 2.79 bits per heavy atom. The van der Waals surface area contributed by atoms with Crippen molar-refractivity contribution < 1.29 is 23.9 Å². The van der Waals surface area contributed by atoms with Gasteiger partial charge in [0.2, 0.25) is 0 Å². The van der Waals surface area contributed by atoms with E-state index in [0.717, 1.165) is 37.1 Å². The van der Waals surface area contributed by atoms with Crippen LogP contribution < -0.4 is 5.32 Å². The molecule has 1 aromatic heterocycles. The Bertz CT molecular complexity index is 853. The second-order valence-corrected chi connectivity index (χ2v) is 9.15.